The summed E-state index contributed by atoms with van der Waals surface area (Å²) in [5, 5.41) is 12.1. The van der Waals surface area contributed by atoms with Crippen LogP contribution in [0.1, 0.15) is 28.9 Å². The molecule has 7 heteroatoms. The molecule has 1 aliphatic rings. The first-order valence-corrected chi connectivity index (χ1v) is 6.36. The molecule has 1 aromatic heterocycles. The van der Waals surface area contributed by atoms with Gasteiger partial charge in [0.25, 0.3) is 5.91 Å². The fourth-order valence-corrected chi connectivity index (χ4v) is 2.71. The summed E-state index contributed by atoms with van der Waals surface area (Å²) in [6, 6.07) is 4.99. The number of aromatic nitrogens is 1. The molecule has 0 radical (unpaired) electrons. The van der Waals surface area contributed by atoms with E-state index in [1.165, 1.54) is 11.9 Å². The number of rotatable bonds is 1. The quantitative estimate of drug-likeness (QED) is 0.619. The monoisotopic (exact) mass is 287 g/mol. The highest BCUT2D eigenvalue weighted by atomic mass is 17.1. The van der Waals surface area contributed by atoms with E-state index in [9.17, 15) is 9.59 Å². The van der Waals surface area contributed by atoms with Gasteiger partial charge in [-0.25, -0.2) is 4.79 Å². The van der Waals surface area contributed by atoms with Gasteiger partial charge in [0.2, 0.25) is 0 Å². The molecule has 1 atom stereocenters. The van der Waals surface area contributed by atoms with Crippen molar-refractivity contribution in [1.29, 1.82) is 0 Å². The molecule has 3 rings (SSSR count). The Morgan fingerprint density at radius 1 is 1.52 bits per heavy atom. The molecule has 7 nitrogen and oxygen atoms in total. The van der Waals surface area contributed by atoms with E-state index in [0.717, 1.165) is 0 Å². The van der Waals surface area contributed by atoms with Crippen LogP contribution in [0.3, 0.4) is 0 Å². The summed E-state index contributed by atoms with van der Waals surface area (Å²) < 4.78 is 0. The second kappa shape index (κ2) is 4.71. The van der Waals surface area contributed by atoms with Crippen LogP contribution in [0.15, 0.2) is 24.4 Å². The molecule has 1 aliphatic heterocycles. The number of carbonyl (C=O) groups is 2. The molecule has 0 bridgehead atoms. The Kier molecular flexibility index (Phi) is 2.99. The zero-order valence-electron chi connectivity index (χ0n) is 11.5. The maximum absolute atomic E-state index is 12.0. The number of hydrogen-bond acceptors (Lipinski definition) is 5. The van der Waals surface area contributed by atoms with E-state index in [1.807, 2.05) is 6.92 Å². The first-order valence-electron chi connectivity index (χ1n) is 6.36. The third-order valence-electron chi connectivity index (χ3n) is 3.63. The molecule has 1 aromatic carbocycles. The molecule has 2 heterocycles. The number of carbonyl (C=O) groups excluding carboxylic acids is 2. The molecule has 2 N–H and O–H groups in total. The highest BCUT2D eigenvalue weighted by Crippen LogP contribution is 2.39. The van der Waals surface area contributed by atoms with Gasteiger partial charge in [-0.1, -0.05) is 0 Å². The van der Waals surface area contributed by atoms with Crippen molar-refractivity contribution in [2.24, 2.45) is 0 Å². The number of fused-ring (bicyclic) bond motifs is 2. The minimum absolute atomic E-state index is 0.211. The maximum Gasteiger partial charge on any atom is 0.445 e. The predicted octanol–water partition coefficient (Wildman–Crippen LogP) is 2.08. The molecular weight excluding hydrogens is 274 g/mol. The highest BCUT2D eigenvalue weighted by molar-refractivity contribution is 6.10. The van der Waals surface area contributed by atoms with Gasteiger partial charge in [0.05, 0.1) is 17.2 Å². The summed E-state index contributed by atoms with van der Waals surface area (Å²) in [6.45, 7) is 1.83. The van der Waals surface area contributed by atoms with Gasteiger partial charge in [-0.15, -0.1) is 0 Å². The summed E-state index contributed by atoms with van der Waals surface area (Å²) in [5.74, 6) is -0.211. The van der Waals surface area contributed by atoms with Crippen molar-refractivity contribution < 1.29 is 19.7 Å². The Morgan fingerprint density at radius 3 is 3.00 bits per heavy atom. The lowest BCUT2D eigenvalue weighted by atomic mass is 9.98. The van der Waals surface area contributed by atoms with Crippen LogP contribution in [-0.2, 0) is 4.89 Å². The van der Waals surface area contributed by atoms with E-state index >= 15 is 0 Å². The van der Waals surface area contributed by atoms with E-state index in [0.29, 0.717) is 27.7 Å². The molecule has 0 fully saturated rings. The third kappa shape index (κ3) is 1.90. The SMILES string of the molecule is CC1NC(=O)c2cc3ncccc3c(N(C)C(=O)OO)c21. The van der Waals surface area contributed by atoms with Gasteiger partial charge >= 0.3 is 6.09 Å². The summed E-state index contributed by atoms with van der Waals surface area (Å²) in [6.07, 6.45) is 0.680. The lowest BCUT2D eigenvalue weighted by Gasteiger charge is -2.21. The Morgan fingerprint density at radius 2 is 2.29 bits per heavy atom. The Balaban J connectivity index is 2.37. The molecule has 21 heavy (non-hydrogen) atoms. The van der Waals surface area contributed by atoms with Crippen LogP contribution in [-0.4, -0.2) is 29.3 Å². The van der Waals surface area contributed by atoms with Gasteiger partial charge < -0.3 is 5.32 Å². The fourth-order valence-electron chi connectivity index (χ4n) is 2.71. The summed E-state index contributed by atoms with van der Waals surface area (Å²) >= 11 is 0. The zero-order chi connectivity index (χ0) is 15.1. The Hall–Kier alpha value is -2.67. The van der Waals surface area contributed by atoms with Gasteiger partial charge in [0.15, 0.2) is 0 Å². The topological polar surface area (TPSA) is 91.8 Å². The molecule has 0 saturated heterocycles. The number of nitrogens with one attached hydrogen (secondary N) is 1. The van der Waals surface area contributed by atoms with Crippen LogP contribution < -0.4 is 10.2 Å². The van der Waals surface area contributed by atoms with E-state index in [1.54, 1.807) is 24.4 Å². The smallest absolute Gasteiger partial charge is 0.345 e. The lowest BCUT2D eigenvalue weighted by Crippen LogP contribution is -2.28. The normalized spacial score (nSPS) is 16.5. The molecule has 2 aromatic rings. The van der Waals surface area contributed by atoms with E-state index in [4.69, 9.17) is 5.26 Å². The van der Waals surface area contributed by atoms with Crippen molar-refractivity contribution in [3.05, 3.63) is 35.5 Å². The molecule has 0 saturated carbocycles. The van der Waals surface area contributed by atoms with Gasteiger partial charge in [0, 0.05) is 29.8 Å². The van der Waals surface area contributed by atoms with Crippen LogP contribution in [0.4, 0.5) is 10.5 Å². The average molecular weight is 287 g/mol. The van der Waals surface area contributed by atoms with Crippen molar-refractivity contribution >= 4 is 28.6 Å². The number of benzene rings is 1. The average Bonchev–Trinajstić information content (AvgIpc) is 2.78. The van der Waals surface area contributed by atoms with Crippen molar-refractivity contribution in [2.75, 3.05) is 11.9 Å². The van der Waals surface area contributed by atoms with Gasteiger partial charge in [-0.2, -0.15) is 5.26 Å². The molecule has 1 unspecified atom stereocenters. The Labute approximate surface area is 120 Å². The lowest BCUT2D eigenvalue weighted by molar-refractivity contribution is -0.174. The number of pyridine rings is 1. The number of amides is 2. The number of hydrogen-bond donors (Lipinski definition) is 2. The van der Waals surface area contributed by atoms with E-state index < -0.39 is 6.09 Å². The van der Waals surface area contributed by atoms with Gasteiger partial charge in [0.1, 0.15) is 0 Å². The summed E-state index contributed by atoms with van der Waals surface area (Å²) in [5.41, 5.74) is 2.25. The van der Waals surface area contributed by atoms with Crippen LogP contribution >= 0.6 is 0 Å². The third-order valence-corrected chi connectivity index (χ3v) is 3.63. The van der Waals surface area contributed by atoms with Crippen LogP contribution in [0.25, 0.3) is 10.9 Å². The number of nitrogens with zero attached hydrogens (tertiary/aromatic N) is 2. The summed E-state index contributed by atoms with van der Waals surface area (Å²) in [4.78, 5) is 32.9. The summed E-state index contributed by atoms with van der Waals surface area (Å²) in [7, 11) is 1.47. The first-order chi connectivity index (χ1) is 10.0. The minimum atomic E-state index is -0.930. The van der Waals surface area contributed by atoms with Crippen LogP contribution in [0.5, 0.6) is 0 Å². The van der Waals surface area contributed by atoms with Gasteiger partial charge in [-0.05, 0) is 25.1 Å². The second-order valence-corrected chi connectivity index (χ2v) is 4.87. The predicted molar refractivity (Wildman–Crippen MR) is 75.1 cm³/mol. The fraction of sp³-hybridized carbons (Fsp3) is 0.214. The highest BCUT2D eigenvalue weighted by Gasteiger charge is 2.32. The van der Waals surface area contributed by atoms with E-state index in [-0.39, 0.29) is 11.9 Å². The largest absolute Gasteiger partial charge is 0.445 e. The Bertz CT molecular complexity index is 759. The van der Waals surface area contributed by atoms with Crippen molar-refractivity contribution in [3.63, 3.8) is 0 Å². The molecule has 0 spiro atoms. The minimum Gasteiger partial charge on any atom is -0.345 e. The molecule has 0 aliphatic carbocycles. The standard InChI is InChI=1S/C14H13N3O4/c1-7-11-9(13(18)16-7)6-10-8(4-3-5-15-10)12(11)17(2)14(19)21-20/h3-7,20H,1-2H3,(H,16,18). The molecule has 108 valence electrons. The van der Waals surface area contributed by atoms with Crippen LogP contribution in [0, 0.1) is 0 Å². The zero-order valence-corrected chi connectivity index (χ0v) is 11.5. The second-order valence-electron chi connectivity index (χ2n) is 4.87. The maximum atomic E-state index is 12.0. The van der Waals surface area contributed by atoms with Gasteiger partial charge in [-0.3, -0.25) is 19.6 Å². The van der Waals surface area contributed by atoms with Crippen molar-refractivity contribution in [3.8, 4) is 0 Å². The van der Waals surface area contributed by atoms with Crippen molar-refractivity contribution in [2.45, 2.75) is 13.0 Å². The first kappa shape index (κ1) is 13.3. The van der Waals surface area contributed by atoms with Crippen molar-refractivity contribution in [1.82, 2.24) is 10.3 Å². The van der Waals surface area contributed by atoms with E-state index in [2.05, 4.69) is 15.2 Å². The van der Waals surface area contributed by atoms with Crippen LogP contribution in [0.2, 0.25) is 0 Å². The molecule has 2 amide bonds. The number of anilines is 1. The molecular formula is C14H13N3O4.